The summed E-state index contributed by atoms with van der Waals surface area (Å²) < 4.78 is 2.10. The van der Waals surface area contributed by atoms with Crippen LogP contribution in [0.4, 0.5) is 0 Å². The number of benzene rings is 1. The van der Waals surface area contributed by atoms with Gasteiger partial charge in [0.25, 0.3) is 0 Å². The van der Waals surface area contributed by atoms with Crippen molar-refractivity contribution < 1.29 is 4.79 Å². The number of hydrogen-bond acceptors (Lipinski definition) is 3. The standard InChI is InChI=1S/C10H7BrOS2/c11-4-7-9-6(5-12)2-1-3-8(9)14-10(7)13/h1-3,5,13H,4H2. The van der Waals surface area contributed by atoms with E-state index in [9.17, 15) is 4.79 Å². The van der Waals surface area contributed by atoms with Crippen molar-refractivity contribution >= 4 is 56.3 Å². The molecule has 72 valence electrons. The minimum absolute atomic E-state index is 0.733. The molecule has 0 spiro atoms. The number of fused-ring (bicyclic) bond motifs is 1. The molecule has 0 unspecified atom stereocenters. The minimum Gasteiger partial charge on any atom is -0.298 e. The molecule has 0 aliphatic carbocycles. The zero-order valence-electron chi connectivity index (χ0n) is 7.16. The van der Waals surface area contributed by atoms with Gasteiger partial charge in [0.05, 0.1) is 4.21 Å². The summed E-state index contributed by atoms with van der Waals surface area (Å²) >= 11 is 9.42. The number of carbonyl (C=O) groups excluding carboxylic acids is 1. The van der Waals surface area contributed by atoms with Gasteiger partial charge in [-0.25, -0.2) is 0 Å². The number of thiol groups is 1. The van der Waals surface area contributed by atoms with E-state index in [2.05, 4.69) is 28.6 Å². The van der Waals surface area contributed by atoms with Crippen LogP contribution < -0.4 is 0 Å². The van der Waals surface area contributed by atoms with Gasteiger partial charge in [0.2, 0.25) is 0 Å². The number of rotatable bonds is 2. The lowest BCUT2D eigenvalue weighted by molar-refractivity contribution is 0.112. The van der Waals surface area contributed by atoms with E-state index in [4.69, 9.17) is 0 Å². The predicted octanol–water partition coefficient (Wildman–Crippen LogP) is 3.90. The predicted molar refractivity (Wildman–Crippen MR) is 67.1 cm³/mol. The van der Waals surface area contributed by atoms with Gasteiger partial charge in [0, 0.05) is 21.0 Å². The second-order valence-electron chi connectivity index (χ2n) is 2.86. The van der Waals surface area contributed by atoms with Crippen LogP contribution in [0.2, 0.25) is 0 Å². The Kier molecular flexibility index (Phi) is 2.95. The molecule has 0 atom stereocenters. The maximum Gasteiger partial charge on any atom is 0.150 e. The summed E-state index contributed by atoms with van der Waals surface area (Å²) in [6.45, 7) is 0. The van der Waals surface area contributed by atoms with Crippen molar-refractivity contribution in [2.24, 2.45) is 0 Å². The van der Waals surface area contributed by atoms with Gasteiger partial charge in [-0.05, 0) is 11.6 Å². The zero-order chi connectivity index (χ0) is 10.1. The molecule has 0 N–H and O–H groups in total. The molecule has 1 heterocycles. The van der Waals surface area contributed by atoms with Gasteiger partial charge >= 0.3 is 0 Å². The van der Waals surface area contributed by atoms with Gasteiger partial charge in [-0.15, -0.1) is 24.0 Å². The Morgan fingerprint density at radius 2 is 2.29 bits per heavy atom. The van der Waals surface area contributed by atoms with E-state index in [1.165, 1.54) is 0 Å². The number of carbonyl (C=O) groups is 1. The van der Waals surface area contributed by atoms with Crippen molar-refractivity contribution in [1.82, 2.24) is 0 Å². The smallest absolute Gasteiger partial charge is 0.150 e. The Hall–Kier alpha value is -0.320. The number of aldehydes is 1. The van der Waals surface area contributed by atoms with E-state index in [0.29, 0.717) is 0 Å². The van der Waals surface area contributed by atoms with Gasteiger partial charge in [0.1, 0.15) is 0 Å². The third kappa shape index (κ3) is 1.51. The average Bonchev–Trinajstić information content (AvgIpc) is 2.52. The van der Waals surface area contributed by atoms with Gasteiger partial charge in [-0.3, -0.25) is 4.79 Å². The highest BCUT2D eigenvalue weighted by Gasteiger charge is 2.11. The van der Waals surface area contributed by atoms with Crippen LogP contribution in [0.3, 0.4) is 0 Å². The molecule has 0 saturated carbocycles. The zero-order valence-corrected chi connectivity index (χ0v) is 10.5. The van der Waals surface area contributed by atoms with Crippen molar-refractivity contribution in [2.45, 2.75) is 9.54 Å². The highest BCUT2D eigenvalue weighted by atomic mass is 79.9. The Labute approximate surface area is 99.7 Å². The molecule has 0 aliphatic heterocycles. The van der Waals surface area contributed by atoms with Crippen molar-refractivity contribution in [2.75, 3.05) is 0 Å². The Bertz CT molecular complexity index is 490. The Balaban J connectivity index is 2.89. The van der Waals surface area contributed by atoms with E-state index >= 15 is 0 Å². The number of thiophene rings is 1. The molecule has 2 rings (SSSR count). The number of alkyl halides is 1. The van der Waals surface area contributed by atoms with Crippen LogP contribution in [-0.4, -0.2) is 6.29 Å². The van der Waals surface area contributed by atoms with E-state index in [1.54, 1.807) is 11.3 Å². The van der Waals surface area contributed by atoms with Crippen LogP contribution in [0.15, 0.2) is 22.4 Å². The number of hydrogen-bond donors (Lipinski definition) is 1. The van der Waals surface area contributed by atoms with Crippen molar-refractivity contribution in [3.63, 3.8) is 0 Å². The molecular weight excluding hydrogens is 280 g/mol. The van der Waals surface area contributed by atoms with E-state index in [-0.39, 0.29) is 0 Å². The van der Waals surface area contributed by atoms with Crippen LogP contribution >= 0.6 is 39.9 Å². The lowest BCUT2D eigenvalue weighted by Crippen LogP contribution is -1.83. The molecule has 0 amide bonds. The first-order valence-electron chi connectivity index (χ1n) is 4.02. The summed E-state index contributed by atoms with van der Waals surface area (Å²) in [7, 11) is 0. The SMILES string of the molecule is O=Cc1cccc2sc(S)c(CBr)c12. The van der Waals surface area contributed by atoms with Crippen molar-refractivity contribution in [3.05, 3.63) is 29.3 Å². The molecule has 1 aromatic heterocycles. The molecule has 2 aromatic rings. The van der Waals surface area contributed by atoms with Gasteiger partial charge < -0.3 is 0 Å². The first-order chi connectivity index (χ1) is 6.77. The Morgan fingerprint density at radius 3 is 2.93 bits per heavy atom. The molecule has 0 bridgehead atoms. The molecule has 0 radical (unpaired) electrons. The highest BCUT2D eigenvalue weighted by molar-refractivity contribution is 9.08. The maximum absolute atomic E-state index is 10.9. The molecule has 0 fully saturated rings. The monoisotopic (exact) mass is 286 g/mol. The topological polar surface area (TPSA) is 17.1 Å². The Morgan fingerprint density at radius 1 is 1.50 bits per heavy atom. The highest BCUT2D eigenvalue weighted by Crippen LogP contribution is 2.36. The molecule has 0 saturated heterocycles. The summed E-state index contributed by atoms with van der Waals surface area (Å²) in [6, 6.07) is 5.74. The molecule has 1 nitrogen and oxygen atoms in total. The first-order valence-corrected chi connectivity index (χ1v) is 6.41. The van der Waals surface area contributed by atoms with Crippen molar-refractivity contribution in [3.8, 4) is 0 Å². The fourth-order valence-electron chi connectivity index (χ4n) is 1.45. The fraction of sp³-hybridized carbons (Fsp3) is 0.100. The summed E-state index contributed by atoms with van der Waals surface area (Å²) in [5.74, 6) is 0. The van der Waals surface area contributed by atoms with Crippen LogP contribution in [0.5, 0.6) is 0 Å². The third-order valence-corrected chi connectivity index (χ3v) is 4.19. The van der Waals surface area contributed by atoms with E-state index in [0.717, 1.165) is 37.0 Å². The lowest BCUT2D eigenvalue weighted by Gasteiger charge is -1.97. The van der Waals surface area contributed by atoms with Crippen LogP contribution in [0.1, 0.15) is 15.9 Å². The molecule has 4 heteroatoms. The molecular formula is C10H7BrOS2. The van der Waals surface area contributed by atoms with Gasteiger partial charge in [-0.1, -0.05) is 28.1 Å². The quantitative estimate of drug-likeness (QED) is 0.503. The lowest BCUT2D eigenvalue weighted by atomic mass is 10.1. The van der Waals surface area contributed by atoms with Crippen LogP contribution in [-0.2, 0) is 5.33 Å². The van der Waals surface area contributed by atoms with Gasteiger partial charge in [0.15, 0.2) is 6.29 Å². The maximum atomic E-state index is 10.9. The average molecular weight is 287 g/mol. The summed E-state index contributed by atoms with van der Waals surface area (Å²) in [4.78, 5) is 10.9. The van der Waals surface area contributed by atoms with E-state index < -0.39 is 0 Å². The van der Waals surface area contributed by atoms with Crippen molar-refractivity contribution in [1.29, 1.82) is 0 Å². The molecule has 1 aromatic carbocycles. The van der Waals surface area contributed by atoms with Gasteiger partial charge in [-0.2, -0.15) is 0 Å². The van der Waals surface area contributed by atoms with E-state index in [1.807, 2.05) is 18.2 Å². The molecule has 0 aliphatic rings. The second kappa shape index (κ2) is 4.04. The van der Waals surface area contributed by atoms with Crippen LogP contribution in [0, 0.1) is 0 Å². The molecule has 14 heavy (non-hydrogen) atoms. The van der Waals surface area contributed by atoms with Crippen LogP contribution in [0.25, 0.3) is 10.1 Å². The second-order valence-corrected chi connectivity index (χ2v) is 5.22. The third-order valence-electron chi connectivity index (χ3n) is 2.09. The fourth-order valence-corrected chi connectivity index (χ4v) is 3.90. The summed E-state index contributed by atoms with van der Waals surface area (Å²) in [5.41, 5.74) is 1.85. The summed E-state index contributed by atoms with van der Waals surface area (Å²) in [6.07, 6.45) is 0.897. The largest absolute Gasteiger partial charge is 0.298 e. The number of halogens is 1. The normalized spacial score (nSPS) is 10.7. The summed E-state index contributed by atoms with van der Waals surface area (Å²) in [5, 5.41) is 1.77. The minimum atomic E-state index is 0.733. The first kappa shape index (κ1) is 10.2.